The molecule has 3 nitrogen and oxygen atoms in total. The van der Waals surface area contributed by atoms with Crippen LogP contribution in [-0.4, -0.2) is 31.5 Å². The predicted molar refractivity (Wildman–Crippen MR) is 76.6 cm³/mol. The standard InChI is InChI=1S/C15H18N2O/c1-16-9-4-10-17-11-14-13-6-3-2-5-12(13)7-8-15(14)18/h2-3,5-8,11,16,18H,4,9-10H2,1H3. The number of hydrogen-bond acceptors (Lipinski definition) is 3. The maximum absolute atomic E-state index is 9.91. The van der Waals surface area contributed by atoms with Crippen molar-refractivity contribution in [2.24, 2.45) is 4.99 Å². The molecule has 0 saturated carbocycles. The van der Waals surface area contributed by atoms with Gasteiger partial charge in [-0.05, 0) is 36.9 Å². The van der Waals surface area contributed by atoms with Crippen LogP contribution < -0.4 is 5.32 Å². The first-order valence-electron chi connectivity index (χ1n) is 6.18. The molecule has 0 amide bonds. The zero-order valence-corrected chi connectivity index (χ0v) is 10.6. The molecule has 0 spiro atoms. The van der Waals surface area contributed by atoms with Gasteiger partial charge in [0.25, 0.3) is 0 Å². The molecule has 0 aliphatic heterocycles. The molecule has 0 aliphatic carbocycles. The Kier molecular flexibility index (Phi) is 4.31. The van der Waals surface area contributed by atoms with Crippen LogP contribution in [0.4, 0.5) is 0 Å². The largest absolute Gasteiger partial charge is 0.507 e. The van der Waals surface area contributed by atoms with Crippen molar-refractivity contribution in [2.75, 3.05) is 20.1 Å². The summed E-state index contributed by atoms with van der Waals surface area (Å²) < 4.78 is 0. The first-order chi connectivity index (χ1) is 8.83. The number of aliphatic imine (C=N–C) groups is 1. The Morgan fingerprint density at radius 3 is 2.89 bits per heavy atom. The van der Waals surface area contributed by atoms with Crippen molar-refractivity contribution in [2.45, 2.75) is 6.42 Å². The SMILES string of the molecule is CNCCCN=Cc1c(O)ccc2ccccc12. The fourth-order valence-corrected chi connectivity index (χ4v) is 1.92. The van der Waals surface area contributed by atoms with Gasteiger partial charge in [-0.15, -0.1) is 0 Å². The van der Waals surface area contributed by atoms with Crippen molar-refractivity contribution in [3.05, 3.63) is 42.0 Å². The lowest BCUT2D eigenvalue weighted by Gasteiger charge is -2.04. The van der Waals surface area contributed by atoms with Gasteiger partial charge in [-0.2, -0.15) is 0 Å². The van der Waals surface area contributed by atoms with Crippen LogP contribution in [0.2, 0.25) is 0 Å². The molecule has 0 unspecified atom stereocenters. The number of hydrogen-bond donors (Lipinski definition) is 2. The van der Waals surface area contributed by atoms with E-state index in [0.717, 1.165) is 35.8 Å². The summed E-state index contributed by atoms with van der Waals surface area (Å²) in [5, 5.41) is 15.1. The Bertz CT molecular complexity index is 549. The quantitative estimate of drug-likeness (QED) is 0.625. The zero-order valence-electron chi connectivity index (χ0n) is 10.6. The Balaban J connectivity index is 2.23. The van der Waals surface area contributed by atoms with E-state index in [9.17, 15) is 5.11 Å². The number of phenolic OH excluding ortho intramolecular Hbond substituents is 1. The average Bonchev–Trinajstić information content (AvgIpc) is 2.41. The molecule has 0 radical (unpaired) electrons. The van der Waals surface area contributed by atoms with Crippen molar-refractivity contribution in [3.8, 4) is 5.75 Å². The zero-order chi connectivity index (χ0) is 12.8. The van der Waals surface area contributed by atoms with E-state index in [1.165, 1.54) is 0 Å². The Labute approximate surface area is 107 Å². The smallest absolute Gasteiger partial charge is 0.124 e. The van der Waals surface area contributed by atoms with E-state index in [0.29, 0.717) is 0 Å². The molecule has 94 valence electrons. The molecule has 3 heteroatoms. The van der Waals surface area contributed by atoms with Gasteiger partial charge in [-0.25, -0.2) is 0 Å². The van der Waals surface area contributed by atoms with Crippen molar-refractivity contribution >= 4 is 17.0 Å². The normalized spacial score (nSPS) is 11.4. The van der Waals surface area contributed by atoms with Crippen LogP contribution in [0.15, 0.2) is 41.4 Å². The third kappa shape index (κ3) is 2.87. The molecule has 2 N–H and O–H groups in total. The molecule has 0 saturated heterocycles. The number of nitrogens with one attached hydrogen (secondary N) is 1. The highest BCUT2D eigenvalue weighted by Gasteiger charge is 2.03. The van der Waals surface area contributed by atoms with Gasteiger partial charge in [0.2, 0.25) is 0 Å². The Morgan fingerprint density at radius 1 is 1.22 bits per heavy atom. The van der Waals surface area contributed by atoms with Gasteiger partial charge in [0.1, 0.15) is 5.75 Å². The summed E-state index contributed by atoms with van der Waals surface area (Å²) in [6.45, 7) is 1.72. The van der Waals surface area contributed by atoms with E-state index in [4.69, 9.17) is 0 Å². The molecule has 0 atom stereocenters. The summed E-state index contributed by atoms with van der Waals surface area (Å²) in [6, 6.07) is 11.6. The Morgan fingerprint density at radius 2 is 2.06 bits per heavy atom. The minimum absolute atomic E-state index is 0.283. The lowest BCUT2D eigenvalue weighted by molar-refractivity contribution is 0.475. The third-order valence-electron chi connectivity index (χ3n) is 2.88. The van der Waals surface area contributed by atoms with Gasteiger partial charge in [0.05, 0.1) is 0 Å². The molecule has 2 rings (SSSR count). The van der Waals surface area contributed by atoms with E-state index in [1.807, 2.05) is 37.4 Å². The van der Waals surface area contributed by atoms with Crippen molar-refractivity contribution in [1.29, 1.82) is 0 Å². The molecule has 0 bridgehead atoms. The highest BCUT2D eigenvalue weighted by atomic mass is 16.3. The summed E-state index contributed by atoms with van der Waals surface area (Å²) >= 11 is 0. The second-order valence-electron chi connectivity index (χ2n) is 4.21. The summed E-state index contributed by atoms with van der Waals surface area (Å²) in [5.74, 6) is 0.283. The molecule has 0 aromatic heterocycles. The topological polar surface area (TPSA) is 44.6 Å². The van der Waals surface area contributed by atoms with Gasteiger partial charge in [-0.3, -0.25) is 4.99 Å². The number of phenols is 1. The van der Waals surface area contributed by atoms with Crippen LogP contribution in [0.5, 0.6) is 5.75 Å². The maximum atomic E-state index is 9.91. The minimum atomic E-state index is 0.283. The highest BCUT2D eigenvalue weighted by molar-refractivity contribution is 6.02. The second-order valence-corrected chi connectivity index (χ2v) is 4.21. The van der Waals surface area contributed by atoms with Crippen molar-refractivity contribution in [1.82, 2.24) is 5.32 Å². The molecule has 0 heterocycles. The van der Waals surface area contributed by atoms with Gasteiger partial charge in [-0.1, -0.05) is 30.3 Å². The summed E-state index contributed by atoms with van der Waals surface area (Å²) in [6.07, 6.45) is 2.77. The lowest BCUT2D eigenvalue weighted by atomic mass is 10.0. The van der Waals surface area contributed by atoms with E-state index in [-0.39, 0.29) is 5.75 Å². The highest BCUT2D eigenvalue weighted by Crippen LogP contribution is 2.25. The van der Waals surface area contributed by atoms with Crippen molar-refractivity contribution < 1.29 is 5.11 Å². The van der Waals surface area contributed by atoms with Gasteiger partial charge < -0.3 is 10.4 Å². The van der Waals surface area contributed by atoms with Crippen LogP contribution in [0.1, 0.15) is 12.0 Å². The molecule has 18 heavy (non-hydrogen) atoms. The molecular formula is C15H18N2O. The number of fused-ring (bicyclic) bond motifs is 1. The van der Waals surface area contributed by atoms with Crippen LogP contribution in [-0.2, 0) is 0 Å². The van der Waals surface area contributed by atoms with Crippen molar-refractivity contribution in [3.63, 3.8) is 0 Å². The molecule has 2 aromatic rings. The number of aromatic hydroxyl groups is 1. The van der Waals surface area contributed by atoms with E-state index < -0.39 is 0 Å². The third-order valence-corrected chi connectivity index (χ3v) is 2.88. The van der Waals surface area contributed by atoms with Gasteiger partial charge in [0.15, 0.2) is 0 Å². The summed E-state index contributed by atoms with van der Waals surface area (Å²) in [7, 11) is 1.93. The average molecular weight is 242 g/mol. The molecule has 0 aliphatic rings. The number of nitrogens with zero attached hydrogens (tertiary/aromatic N) is 1. The second kappa shape index (κ2) is 6.17. The van der Waals surface area contributed by atoms with E-state index >= 15 is 0 Å². The molecule has 0 fully saturated rings. The Hall–Kier alpha value is -1.87. The fourth-order valence-electron chi connectivity index (χ4n) is 1.92. The van der Waals surface area contributed by atoms with Gasteiger partial charge in [0, 0.05) is 18.3 Å². The summed E-state index contributed by atoms with van der Waals surface area (Å²) in [5.41, 5.74) is 0.803. The lowest BCUT2D eigenvalue weighted by Crippen LogP contribution is -2.08. The number of rotatable bonds is 5. The first-order valence-corrected chi connectivity index (χ1v) is 6.18. The monoisotopic (exact) mass is 242 g/mol. The van der Waals surface area contributed by atoms with E-state index in [1.54, 1.807) is 12.3 Å². The summed E-state index contributed by atoms with van der Waals surface area (Å²) in [4.78, 5) is 4.37. The van der Waals surface area contributed by atoms with Crippen LogP contribution in [0.25, 0.3) is 10.8 Å². The fraction of sp³-hybridized carbons (Fsp3) is 0.267. The molecule has 2 aromatic carbocycles. The molecular weight excluding hydrogens is 224 g/mol. The van der Waals surface area contributed by atoms with Crippen LogP contribution in [0, 0.1) is 0 Å². The minimum Gasteiger partial charge on any atom is -0.507 e. The van der Waals surface area contributed by atoms with Crippen LogP contribution in [0.3, 0.4) is 0 Å². The maximum Gasteiger partial charge on any atom is 0.124 e. The predicted octanol–water partition coefficient (Wildman–Crippen LogP) is 2.57. The van der Waals surface area contributed by atoms with E-state index in [2.05, 4.69) is 10.3 Å². The van der Waals surface area contributed by atoms with Gasteiger partial charge >= 0.3 is 0 Å². The first kappa shape index (κ1) is 12.6. The number of benzene rings is 2. The van der Waals surface area contributed by atoms with Crippen LogP contribution >= 0.6 is 0 Å².